The summed E-state index contributed by atoms with van der Waals surface area (Å²) in [6.07, 6.45) is 2.21. The Morgan fingerprint density at radius 3 is 2.35 bits per heavy atom. The van der Waals surface area contributed by atoms with Crippen molar-refractivity contribution in [2.45, 2.75) is 0 Å². The minimum Gasteiger partial charge on any atom is -0.312 e. The van der Waals surface area contributed by atoms with Gasteiger partial charge in [-0.15, -0.1) is 0 Å². The molecule has 0 spiro atoms. The monoisotopic (exact) mass is 294 g/mol. The summed E-state index contributed by atoms with van der Waals surface area (Å²) in [5.74, 6) is 0. The molecule has 0 aliphatic heterocycles. The van der Waals surface area contributed by atoms with Crippen molar-refractivity contribution >= 4 is 27.3 Å². The van der Waals surface area contributed by atoms with Crippen molar-refractivity contribution in [1.82, 2.24) is 9.38 Å². The molecule has 0 N–H and O–H groups in total. The van der Waals surface area contributed by atoms with Crippen LogP contribution in [0.3, 0.4) is 0 Å². The average Bonchev–Trinajstić information content (AvgIpc) is 3.02. The van der Waals surface area contributed by atoms with E-state index in [4.69, 9.17) is 4.98 Å². The van der Waals surface area contributed by atoms with Crippen molar-refractivity contribution in [3.8, 4) is 11.3 Å². The molecular weight excluding hydrogens is 280 g/mol. The molecule has 0 aliphatic carbocycles. The number of aromatic nitrogens is 2. The van der Waals surface area contributed by atoms with Crippen LogP contribution in [0.2, 0.25) is 0 Å². The van der Waals surface area contributed by atoms with Crippen LogP contribution < -0.4 is 0 Å². The first-order valence-electron chi connectivity index (χ1n) is 7.76. The largest absolute Gasteiger partial charge is 0.312 e. The number of rotatable bonds is 1. The predicted octanol–water partition coefficient (Wildman–Crippen LogP) is 5.31. The van der Waals surface area contributed by atoms with Crippen molar-refractivity contribution in [3.05, 3.63) is 85.1 Å². The summed E-state index contributed by atoms with van der Waals surface area (Å²) in [6, 6.07) is 27.2. The maximum Gasteiger partial charge on any atom is 0.0956 e. The molecule has 0 bridgehead atoms. The Kier molecular flexibility index (Phi) is 2.53. The van der Waals surface area contributed by atoms with E-state index in [1.54, 1.807) is 0 Å². The van der Waals surface area contributed by atoms with E-state index in [2.05, 4.69) is 77.3 Å². The molecule has 0 unspecified atom stereocenters. The van der Waals surface area contributed by atoms with Gasteiger partial charge in [-0.1, -0.05) is 66.7 Å². The molecule has 5 aromatic rings. The number of fused-ring (bicyclic) bond motifs is 5. The van der Waals surface area contributed by atoms with E-state index >= 15 is 0 Å². The van der Waals surface area contributed by atoms with Gasteiger partial charge < -0.3 is 4.40 Å². The normalized spacial score (nSPS) is 11.5. The standard InChI is InChI=1S/C21H14N2/c1-2-8-15(9-3-1)20-21-17-11-5-4-10-16(17)14-23(21)19-13-7-6-12-18(19)22-20/h1-14H. The number of nitrogens with zero attached hydrogens (tertiary/aromatic N) is 2. The highest BCUT2D eigenvalue weighted by molar-refractivity contribution is 6.06. The minimum atomic E-state index is 1.01. The third kappa shape index (κ3) is 1.78. The molecular formula is C21H14N2. The SMILES string of the molecule is c1ccc(-c2nc3ccccc3n3cc4ccccc4c23)cc1. The highest BCUT2D eigenvalue weighted by Gasteiger charge is 2.13. The molecule has 2 heteroatoms. The first kappa shape index (κ1) is 12.4. The van der Waals surface area contributed by atoms with Crippen LogP contribution in [-0.4, -0.2) is 9.38 Å². The van der Waals surface area contributed by atoms with Gasteiger partial charge in [0, 0.05) is 22.5 Å². The minimum absolute atomic E-state index is 1.01. The van der Waals surface area contributed by atoms with Gasteiger partial charge in [-0.25, -0.2) is 4.98 Å². The van der Waals surface area contributed by atoms with Crippen molar-refractivity contribution in [3.63, 3.8) is 0 Å². The lowest BCUT2D eigenvalue weighted by molar-refractivity contribution is 1.24. The molecule has 0 atom stereocenters. The van der Waals surface area contributed by atoms with Crippen LogP contribution in [0.1, 0.15) is 0 Å². The fraction of sp³-hybridized carbons (Fsp3) is 0. The van der Waals surface area contributed by atoms with Crippen LogP contribution in [-0.2, 0) is 0 Å². The second-order valence-electron chi connectivity index (χ2n) is 5.75. The molecule has 0 radical (unpaired) electrons. The van der Waals surface area contributed by atoms with Crippen LogP contribution in [0.15, 0.2) is 85.1 Å². The van der Waals surface area contributed by atoms with E-state index in [-0.39, 0.29) is 0 Å². The smallest absolute Gasteiger partial charge is 0.0956 e. The van der Waals surface area contributed by atoms with Crippen LogP contribution in [0.5, 0.6) is 0 Å². The molecule has 108 valence electrons. The molecule has 2 aromatic heterocycles. The fourth-order valence-electron chi connectivity index (χ4n) is 3.32. The van der Waals surface area contributed by atoms with Crippen LogP contribution in [0.4, 0.5) is 0 Å². The Bertz CT molecular complexity index is 1150. The predicted molar refractivity (Wildman–Crippen MR) is 95.6 cm³/mol. The van der Waals surface area contributed by atoms with Gasteiger partial charge >= 0.3 is 0 Å². The van der Waals surface area contributed by atoms with Crippen LogP contribution in [0.25, 0.3) is 38.6 Å². The summed E-state index contributed by atoms with van der Waals surface area (Å²) in [6.45, 7) is 0. The average molecular weight is 294 g/mol. The number of hydrogen-bond donors (Lipinski definition) is 0. The number of para-hydroxylation sites is 2. The Labute approximate surface area is 133 Å². The molecule has 0 amide bonds. The molecule has 0 aliphatic rings. The second-order valence-corrected chi connectivity index (χ2v) is 5.75. The molecule has 2 heterocycles. The zero-order valence-corrected chi connectivity index (χ0v) is 12.5. The van der Waals surface area contributed by atoms with Gasteiger partial charge in [-0.05, 0) is 12.1 Å². The molecule has 23 heavy (non-hydrogen) atoms. The van der Waals surface area contributed by atoms with Gasteiger partial charge in [0.05, 0.1) is 22.2 Å². The van der Waals surface area contributed by atoms with Crippen molar-refractivity contribution < 1.29 is 0 Å². The van der Waals surface area contributed by atoms with E-state index in [1.807, 2.05) is 12.1 Å². The lowest BCUT2D eigenvalue weighted by atomic mass is 10.1. The van der Waals surface area contributed by atoms with Gasteiger partial charge in [-0.2, -0.15) is 0 Å². The third-order valence-electron chi connectivity index (χ3n) is 4.37. The van der Waals surface area contributed by atoms with E-state index in [9.17, 15) is 0 Å². The van der Waals surface area contributed by atoms with E-state index in [0.29, 0.717) is 0 Å². The van der Waals surface area contributed by atoms with Crippen molar-refractivity contribution in [2.75, 3.05) is 0 Å². The van der Waals surface area contributed by atoms with Crippen molar-refractivity contribution in [1.29, 1.82) is 0 Å². The summed E-state index contributed by atoms with van der Waals surface area (Å²) in [5.41, 5.74) is 5.50. The zero-order chi connectivity index (χ0) is 15.2. The summed E-state index contributed by atoms with van der Waals surface area (Å²) in [7, 11) is 0. The molecule has 0 fully saturated rings. The fourth-order valence-corrected chi connectivity index (χ4v) is 3.32. The molecule has 5 rings (SSSR count). The highest BCUT2D eigenvalue weighted by Crippen LogP contribution is 2.33. The lowest BCUT2D eigenvalue weighted by Gasteiger charge is -2.09. The molecule has 0 saturated carbocycles. The summed E-state index contributed by atoms with van der Waals surface area (Å²) in [4.78, 5) is 4.98. The van der Waals surface area contributed by atoms with Crippen LogP contribution in [0, 0.1) is 0 Å². The number of hydrogen-bond acceptors (Lipinski definition) is 1. The molecule has 0 saturated heterocycles. The molecule has 2 nitrogen and oxygen atoms in total. The highest BCUT2D eigenvalue weighted by atomic mass is 14.9. The summed E-state index contributed by atoms with van der Waals surface area (Å²) >= 11 is 0. The Hall–Kier alpha value is -3.13. The maximum atomic E-state index is 4.98. The zero-order valence-electron chi connectivity index (χ0n) is 12.5. The van der Waals surface area contributed by atoms with Gasteiger partial charge in [-0.3, -0.25) is 0 Å². The molecule has 3 aromatic carbocycles. The van der Waals surface area contributed by atoms with Gasteiger partial charge in [0.25, 0.3) is 0 Å². The summed E-state index contributed by atoms with van der Waals surface area (Å²) < 4.78 is 2.27. The Morgan fingerprint density at radius 2 is 1.43 bits per heavy atom. The first-order chi connectivity index (χ1) is 11.4. The Balaban J connectivity index is 2.06. The topological polar surface area (TPSA) is 17.3 Å². The van der Waals surface area contributed by atoms with Gasteiger partial charge in [0.2, 0.25) is 0 Å². The van der Waals surface area contributed by atoms with Crippen LogP contribution >= 0.6 is 0 Å². The van der Waals surface area contributed by atoms with Gasteiger partial charge in [0.15, 0.2) is 0 Å². The van der Waals surface area contributed by atoms with Crippen molar-refractivity contribution in [2.24, 2.45) is 0 Å². The van der Waals surface area contributed by atoms with E-state index in [1.165, 1.54) is 16.3 Å². The maximum absolute atomic E-state index is 4.98. The van der Waals surface area contributed by atoms with E-state index < -0.39 is 0 Å². The first-order valence-corrected chi connectivity index (χ1v) is 7.76. The Morgan fingerprint density at radius 1 is 0.696 bits per heavy atom. The summed E-state index contributed by atoms with van der Waals surface area (Å²) in [5, 5.41) is 2.48. The number of benzene rings is 3. The lowest BCUT2D eigenvalue weighted by Crippen LogP contribution is -1.94. The van der Waals surface area contributed by atoms with Gasteiger partial charge in [0.1, 0.15) is 0 Å². The third-order valence-corrected chi connectivity index (χ3v) is 4.37. The van der Waals surface area contributed by atoms with E-state index in [0.717, 1.165) is 22.3 Å². The quantitative estimate of drug-likeness (QED) is 0.409. The second kappa shape index (κ2) is 4.68.